The van der Waals surface area contributed by atoms with Crippen molar-refractivity contribution < 1.29 is 9.90 Å². The summed E-state index contributed by atoms with van der Waals surface area (Å²) in [5, 5.41) is 9.00. The zero-order chi connectivity index (χ0) is 9.78. The van der Waals surface area contributed by atoms with E-state index in [9.17, 15) is 4.79 Å². The molecule has 1 atom stereocenters. The van der Waals surface area contributed by atoms with Crippen LogP contribution >= 0.6 is 0 Å². The highest BCUT2D eigenvalue weighted by Gasteiger charge is 2.35. The van der Waals surface area contributed by atoms with Crippen molar-refractivity contribution in [2.75, 3.05) is 0 Å². The molecule has 0 amide bonds. The van der Waals surface area contributed by atoms with E-state index in [1.54, 1.807) is 13.0 Å². The van der Waals surface area contributed by atoms with Gasteiger partial charge in [-0.3, -0.25) is 4.79 Å². The first-order valence-corrected chi connectivity index (χ1v) is 4.29. The normalized spacial score (nSPS) is 15.7. The van der Waals surface area contributed by atoms with Gasteiger partial charge in [0.15, 0.2) is 0 Å². The van der Waals surface area contributed by atoms with Gasteiger partial charge >= 0.3 is 5.97 Å². The Labute approximate surface area is 74.3 Å². The summed E-state index contributed by atoms with van der Waals surface area (Å²) in [5.74, 6) is -0.547. The third kappa shape index (κ3) is 2.36. The fourth-order valence-corrected chi connectivity index (χ4v) is 1.04. The summed E-state index contributed by atoms with van der Waals surface area (Å²) in [6.07, 6.45) is 3.20. The predicted octanol–water partition coefficient (Wildman–Crippen LogP) is 2.70. The molecular formula is C10H18O2. The van der Waals surface area contributed by atoms with Gasteiger partial charge in [0.05, 0.1) is 5.41 Å². The zero-order valence-corrected chi connectivity index (χ0v) is 8.13. The van der Waals surface area contributed by atoms with Crippen LogP contribution in [0.25, 0.3) is 0 Å². The van der Waals surface area contributed by atoms with Crippen molar-refractivity contribution >= 4 is 5.97 Å². The summed E-state index contributed by atoms with van der Waals surface area (Å²) in [6.45, 7) is 9.27. The minimum Gasteiger partial charge on any atom is -0.481 e. The lowest BCUT2D eigenvalue weighted by molar-refractivity contribution is -0.151. The molecule has 0 bridgehead atoms. The first-order chi connectivity index (χ1) is 5.45. The maximum Gasteiger partial charge on any atom is 0.309 e. The number of hydrogen-bond donors (Lipinski definition) is 1. The van der Waals surface area contributed by atoms with E-state index in [1.165, 1.54) is 0 Å². The number of allylic oxidation sites excluding steroid dienone is 1. The van der Waals surface area contributed by atoms with Gasteiger partial charge in [0.25, 0.3) is 0 Å². The smallest absolute Gasteiger partial charge is 0.309 e. The number of carboxylic acid groups (broad SMARTS) is 1. The van der Waals surface area contributed by atoms with Crippen LogP contribution in [0.2, 0.25) is 0 Å². The van der Waals surface area contributed by atoms with Gasteiger partial charge in [-0.25, -0.2) is 0 Å². The van der Waals surface area contributed by atoms with E-state index in [-0.39, 0.29) is 5.92 Å². The van der Waals surface area contributed by atoms with Crippen molar-refractivity contribution in [3.63, 3.8) is 0 Å². The van der Waals surface area contributed by atoms with Crippen molar-refractivity contribution in [2.24, 2.45) is 11.3 Å². The van der Waals surface area contributed by atoms with E-state index >= 15 is 0 Å². The van der Waals surface area contributed by atoms with Gasteiger partial charge in [-0.15, -0.1) is 6.58 Å². The van der Waals surface area contributed by atoms with Gasteiger partial charge < -0.3 is 5.11 Å². The largest absolute Gasteiger partial charge is 0.481 e. The molecule has 0 aliphatic heterocycles. The van der Waals surface area contributed by atoms with E-state index in [1.807, 2.05) is 13.8 Å². The van der Waals surface area contributed by atoms with Crippen molar-refractivity contribution in [1.29, 1.82) is 0 Å². The second-order valence-electron chi connectivity index (χ2n) is 3.70. The molecule has 2 heteroatoms. The Morgan fingerprint density at radius 1 is 1.67 bits per heavy atom. The van der Waals surface area contributed by atoms with Crippen LogP contribution in [0.4, 0.5) is 0 Å². The van der Waals surface area contributed by atoms with Crippen LogP contribution in [0, 0.1) is 11.3 Å². The molecule has 0 spiro atoms. The fourth-order valence-electron chi connectivity index (χ4n) is 1.04. The molecule has 0 aromatic heterocycles. The third-order valence-corrected chi connectivity index (χ3v) is 2.63. The van der Waals surface area contributed by atoms with E-state index in [2.05, 4.69) is 6.58 Å². The molecule has 0 rings (SSSR count). The molecule has 12 heavy (non-hydrogen) atoms. The van der Waals surface area contributed by atoms with Crippen LogP contribution < -0.4 is 0 Å². The van der Waals surface area contributed by atoms with Crippen LogP contribution in [0.15, 0.2) is 12.7 Å². The van der Waals surface area contributed by atoms with E-state index < -0.39 is 11.4 Å². The van der Waals surface area contributed by atoms with Gasteiger partial charge in [-0.05, 0) is 25.7 Å². The second-order valence-corrected chi connectivity index (χ2v) is 3.70. The lowest BCUT2D eigenvalue weighted by atomic mass is 9.75. The molecule has 0 aliphatic carbocycles. The maximum atomic E-state index is 10.9. The first kappa shape index (κ1) is 11.2. The van der Waals surface area contributed by atoms with Gasteiger partial charge in [-0.1, -0.05) is 19.9 Å². The highest BCUT2D eigenvalue weighted by atomic mass is 16.4. The van der Waals surface area contributed by atoms with Crippen molar-refractivity contribution in [3.05, 3.63) is 12.7 Å². The predicted molar refractivity (Wildman–Crippen MR) is 50.0 cm³/mol. The molecule has 1 unspecified atom stereocenters. The highest BCUT2D eigenvalue weighted by molar-refractivity contribution is 5.74. The van der Waals surface area contributed by atoms with E-state index in [0.29, 0.717) is 6.42 Å². The minimum absolute atomic E-state index is 0.162. The SMILES string of the molecule is C=CCCC(C)(C(=O)O)C(C)C. The Morgan fingerprint density at radius 2 is 2.17 bits per heavy atom. The fraction of sp³-hybridized carbons (Fsp3) is 0.700. The Balaban J connectivity index is 4.39. The molecule has 0 radical (unpaired) electrons. The van der Waals surface area contributed by atoms with Gasteiger partial charge in [-0.2, -0.15) is 0 Å². The van der Waals surface area contributed by atoms with Crippen LogP contribution in [0.5, 0.6) is 0 Å². The lowest BCUT2D eigenvalue weighted by Crippen LogP contribution is -2.32. The molecular weight excluding hydrogens is 152 g/mol. The third-order valence-electron chi connectivity index (χ3n) is 2.63. The average molecular weight is 170 g/mol. The van der Waals surface area contributed by atoms with Gasteiger partial charge in [0.2, 0.25) is 0 Å². The number of carboxylic acids is 1. The molecule has 0 heterocycles. The van der Waals surface area contributed by atoms with E-state index in [4.69, 9.17) is 5.11 Å². The molecule has 0 saturated carbocycles. The maximum absolute atomic E-state index is 10.9. The summed E-state index contributed by atoms with van der Waals surface area (Å²) >= 11 is 0. The quantitative estimate of drug-likeness (QED) is 0.644. The summed E-state index contributed by atoms with van der Waals surface area (Å²) in [5.41, 5.74) is -0.603. The number of aliphatic carboxylic acids is 1. The van der Waals surface area contributed by atoms with Crippen LogP contribution in [-0.4, -0.2) is 11.1 Å². The Kier molecular flexibility index (Phi) is 4.01. The standard InChI is InChI=1S/C10H18O2/c1-5-6-7-10(4,8(2)3)9(11)12/h5,8H,1,6-7H2,2-4H3,(H,11,12). The van der Waals surface area contributed by atoms with Crippen molar-refractivity contribution in [1.82, 2.24) is 0 Å². The van der Waals surface area contributed by atoms with Gasteiger partial charge in [0.1, 0.15) is 0 Å². The van der Waals surface area contributed by atoms with E-state index in [0.717, 1.165) is 6.42 Å². The molecule has 0 aliphatic rings. The minimum atomic E-state index is -0.709. The van der Waals surface area contributed by atoms with Gasteiger partial charge in [0, 0.05) is 0 Å². The van der Waals surface area contributed by atoms with Crippen molar-refractivity contribution in [3.8, 4) is 0 Å². The molecule has 2 nitrogen and oxygen atoms in total. The Morgan fingerprint density at radius 3 is 2.42 bits per heavy atom. The van der Waals surface area contributed by atoms with Crippen LogP contribution in [0.3, 0.4) is 0 Å². The Bertz CT molecular complexity index is 173. The molecule has 0 aromatic rings. The molecule has 0 aromatic carbocycles. The highest BCUT2D eigenvalue weighted by Crippen LogP contribution is 2.32. The average Bonchev–Trinajstić information content (AvgIpc) is 1.99. The van der Waals surface area contributed by atoms with Crippen LogP contribution in [0.1, 0.15) is 33.6 Å². The monoisotopic (exact) mass is 170 g/mol. The summed E-state index contributed by atoms with van der Waals surface area (Å²) in [4.78, 5) is 10.9. The Hall–Kier alpha value is -0.790. The number of hydrogen-bond acceptors (Lipinski definition) is 1. The zero-order valence-electron chi connectivity index (χ0n) is 8.13. The lowest BCUT2D eigenvalue weighted by Gasteiger charge is -2.28. The summed E-state index contributed by atoms with van der Waals surface area (Å²) in [7, 11) is 0. The molecule has 0 fully saturated rings. The molecule has 0 saturated heterocycles. The van der Waals surface area contributed by atoms with Crippen molar-refractivity contribution in [2.45, 2.75) is 33.6 Å². The second kappa shape index (κ2) is 4.29. The summed E-state index contributed by atoms with van der Waals surface area (Å²) < 4.78 is 0. The molecule has 1 N–H and O–H groups in total. The first-order valence-electron chi connectivity index (χ1n) is 4.29. The number of carbonyl (C=O) groups is 1. The number of rotatable bonds is 5. The topological polar surface area (TPSA) is 37.3 Å². The summed E-state index contributed by atoms with van der Waals surface area (Å²) in [6, 6.07) is 0. The molecule has 70 valence electrons. The van der Waals surface area contributed by atoms with Crippen LogP contribution in [-0.2, 0) is 4.79 Å².